The zero-order valence-electron chi connectivity index (χ0n) is 19.9. The summed E-state index contributed by atoms with van der Waals surface area (Å²) in [6.45, 7) is 2.29. The maximum absolute atomic E-state index is 13.4. The van der Waals surface area contributed by atoms with Crippen molar-refractivity contribution in [2.24, 2.45) is 0 Å². The maximum atomic E-state index is 13.4. The van der Waals surface area contributed by atoms with Gasteiger partial charge in [-0.25, -0.2) is 4.39 Å². The Morgan fingerprint density at radius 3 is 2.46 bits per heavy atom. The maximum Gasteiger partial charge on any atom is 0.253 e. The van der Waals surface area contributed by atoms with Crippen LogP contribution >= 0.6 is 0 Å². The molecular formula is C29H31FN2O3. The van der Waals surface area contributed by atoms with Gasteiger partial charge >= 0.3 is 0 Å². The minimum Gasteiger partial charge on any atom is -0.497 e. The molecule has 5 nitrogen and oxygen atoms in total. The predicted molar refractivity (Wildman–Crippen MR) is 134 cm³/mol. The molecule has 0 aliphatic carbocycles. The highest BCUT2D eigenvalue weighted by Crippen LogP contribution is 2.42. The molecule has 1 amide bonds. The van der Waals surface area contributed by atoms with E-state index in [0.29, 0.717) is 18.7 Å². The van der Waals surface area contributed by atoms with Crippen molar-refractivity contribution in [2.45, 2.75) is 30.8 Å². The second kappa shape index (κ2) is 10.2. The number of hydrogen-bond donors (Lipinski definition) is 1. The van der Waals surface area contributed by atoms with Crippen LogP contribution in [0.2, 0.25) is 0 Å². The van der Waals surface area contributed by atoms with Crippen molar-refractivity contribution in [3.63, 3.8) is 0 Å². The Morgan fingerprint density at radius 1 is 1.00 bits per heavy atom. The molecule has 2 saturated heterocycles. The van der Waals surface area contributed by atoms with E-state index in [4.69, 9.17) is 4.74 Å². The monoisotopic (exact) mass is 474 g/mol. The van der Waals surface area contributed by atoms with E-state index >= 15 is 0 Å². The quantitative estimate of drug-likeness (QED) is 0.589. The Balaban J connectivity index is 1.38. The number of hydrogen-bond acceptors (Lipinski definition) is 4. The summed E-state index contributed by atoms with van der Waals surface area (Å²) < 4.78 is 18.7. The molecule has 2 fully saturated rings. The van der Waals surface area contributed by atoms with Crippen LogP contribution in [-0.4, -0.2) is 66.2 Å². The second-order valence-corrected chi connectivity index (χ2v) is 9.40. The molecule has 35 heavy (non-hydrogen) atoms. The third kappa shape index (κ3) is 4.68. The van der Waals surface area contributed by atoms with Crippen LogP contribution in [0.5, 0.6) is 5.75 Å². The zero-order chi connectivity index (χ0) is 24.4. The van der Waals surface area contributed by atoms with E-state index in [0.717, 1.165) is 36.3 Å². The van der Waals surface area contributed by atoms with Gasteiger partial charge in [0.2, 0.25) is 0 Å². The number of fused-ring (bicyclic) bond motifs is 1. The number of carbonyl (C=O) groups excluding carboxylic acids is 1. The number of halogens is 1. The van der Waals surface area contributed by atoms with E-state index in [1.54, 1.807) is 19.2 Å². The van der Waals surface area contributed by atoms with E-state index in [1.807, 2.05) is 23.1 Å². The third-order valence-corrected chi connectivity index (χ3v) is 7.45. The average molecular weight is 475 g/mol. The average Bonchev–Trinajstić information content (AvgIpc) is 2.88. The van der Waals surface area contributed by atoms with Gasteiger partial charge in [0.15, 0.2) is 0 Å². The van der Waals surface area contributed by atoms with Gasteiger partial charge in [-0.2, -0.15) is 0 Å². The number of benzene rings is 3. The lowest BCUT2D eigenvalue weighted by Gasteiger charge is -2.57. The smallest absolute Gasteiger partial charge is 0.253 e. The van der Waals surface area contributed by atoms with E-state index in [9.17, 15) is 14.3 Å². The molecule has 3 atom stereocenters. The van der Waals surface area contributed by atoms with Crippen molar-refractivity contribution in [2.75, 3.05) is 33.4 Å². The van der Waals surface area contributed by atoms with Crippen molar-refractivity contribution >= 4 is 5.91 Å². The Labute approximate surface area is 205 Å². The summed E-state index contributed by atoms with van der Waals surface area (Å²) in [5.41, 5.74) is 3.88. The van der Waals surface area contributed by atoms with Crippen LogP contribution in [0.15, 0.2) is 72.8 Å². The summed E-state index contributed by atoms with van der Waals surface area (Å²) in [6.07, 6.45) is 1.88. The number of rotatable bonds is 5. The van der Waals surface area contributed by atoms with Gasteiger partial charge in [-0.05, 0) is 72.5 Å². The SMILES string of the molecule is COc1cccc(-c2ccc([C@H]3[C@@H](CO)N4CCCCN(C(=O)c5ccc(F)cc5)C[C@H]34)cc2)c1. The molecular weight excluding hydrogens is 443 g/mol. The van der Waals surface area contributed by atoms with E-state index in [1.165, 1.54) is 17.7 Å². The minimum atomic E-state index is -0.345. The van der Waals surface area contributed by atoms with Crippen LogP contribution < -0.4 is 4.74 Å². The molecule has 3 aromatic carbocycles. The van der Waals surface area contributed by atoms with Crippen molar-refractivity contribution in [1.29, 1.82) is 0 Å². The van der Waals surface area contributed by atoms with Crippen LogP contribution in [0.25, 0.3) is 11.1 Å². The number of ether oxygens (including phenoxy) is 1. The summed E-state index contributed by atoms with van der Waals surface area (Å²) in [5, 5.41) is 10.2. The number of nitrogens with zero attached hydrogens (tertiary/aromatic N) is 2. The zero-order valence-corrected chi connectivity index (χ0v) is 19.9. The summed E-state index contributed by atoms with van der Waals surface area (Å²) in [7, 11) is 1.67. The number of aliphatic hydroxyl groups is 1. The van der Waals surface area contributed by atoms with Crippen LogP contribution in [0.4, 0.5) is 4.39 Å². The molecule has 2 aliphatic heterocycles. The van der Waals surface area contributed by atoms with Crippen molar-refractivity contribution in [3.8, 4) is 16.9 Å². The summed E-state index contributed by atoms with van der Waals surface area (Å²) in [4.78, 5) is 17.5. The van der Waals surface area contributed by atoms with Gasteiger partial charge in [-0.1, -0.05) is 36.4 Å². The molecule has 0 aromatic heterocycles. The number of carbonyl (C=O) groups is 1. The highest BCUT2D eigenvalue weighted by molar-refractivity contribution is 5.94. The number of amides is 1. The van der Waals surface area contributed by atoms with Crippen molar-refractivity contribution < 1.29 is 19.0 Å². The fourth-order valence-corrected chi connectivity index (χ4v) is 5.60. The van der Waals surface area contributed by atoms with Crippen molar-refractivity contribution in [1.82, 2.24) is 9.80 Å². The fraction of sp³-hybridized carbons (Fsp3) is 0.345. The van der Waals surface area contributed by atoms with E-state index in [2.05, 4.69) is 35.2 Å². The molecule has 0 radical (unpaired) electrons. The van der Waals surface area contributed by atoms with Crippen LogP contribution in [-0.2, 0) is 0 Å². The molecule has 3 aromatic rings. The second-order valence-electron chi connectivity index (χ2n) is 9.40. The lowest BCUT2D eigenvalue weighted by atomic mass is 9.74. The highest BCUT2D eigenvalue weighted by atomic mass is 19.1. The van der Waals surface area contributed by atoms with Gasteiger partial charge in [-0.15, -0.1) is 0 Å². The van der Waals surface area contributed by atoms with Gasteiger partial charge in [0.25, 0.3) is 5.91 Å². The van der Waals surface area contributed by atoms with Gasteiger partial charge in [0.1, 0.15) is 11.6 Å². The molecule has 5 rings (SSSR count). The Morgan fingerprint density at radius 2 is 1.74 bits per heavy atom. The summed E-state index contributed by atoms with van der Waals surface area (Å²) >= 11 is 0. The molecule has 0 saturated carbocycles. The van der Waals surface area contributed by atoms with E-state index < -0.39 is 0 Å². The molecule has 1 N–H and O–H groups in total. The molecule has 2 heterocycles. The van der Waals surface area contributed by atoms with Gasteiger partial charge in [0.05, 0.1) is 13.7 Å². The minimum absolute atomic E-state index is 0.0449. The molecule has 0 unspecified atom stereocenters. The normalized spacial score (nSPS) is 22.5. The first-order chi connectivity index (χ1) is 17.1. The Hall–Kier alpha value is -3.22. The molecule has 2 aliphatic rings. The summed E-state index contributed by atoms with van der Waals surface area (Å²) in [5.74, 6) is 0.553. The first-order valence-electron chi connectivity index (χ1n) is 12.2. The lowest BCUT2D eigenvalue weighted by molar-refractivity contribution is -0.0606. The summed E-state index contributed by atoms with van der Waals surface area (Å²) in [6, 6.07) is 22.5. The molecule has 0 bridgehead atoms. The fourth-order valence-electron chi connectivity index (χ4n) is 5.60. The predicted octanol–water partition coefficient (Wildman–Crippen LogP) is 4.57. The first kappa shape index (κ1) is 23.5. The van der Waals surface area contributed by atoms with Gasteiger partial charge in [0, 0.05) is 36.7 Å². The molecule has 0 spiro atoms. The Bertz CT molecular complexity index is 1170. The topological polar surface area (TPSA) is 53.0 Å². The Kier molecular flexibility index (Phi) is 6.84. The molecule has 6 heteroatoms. The van der Waals surface area contributed by atoms with Gasteiger partial charge in [-0.3, -0.25) is 9.69 Å². The van der Waals surface area contributed by atoms with Crippen LogP contribution in [0.3, 0.4) is 0 Å². The van der Waals surface area contributed by atoms with Gasteiger partial charge < -0.3 is 14.7 Å². The van der Waals surface area contributed by atoms with E-state index in [-0.39, 0.29) is 36.3 Å². The molecule has 182 valence electrons. The van der Waals surface area contributed by atoms with Crippen molar-refractivity contribution in [3.05, 3.63) is 89.7 Å². The lowest BCUT2D eigenvalue weighted by Crippen LogP contribution is -2.67. The largest absolute Gasteiger partial charge is 0.497 e. The standard InChI is InChI=1S/C29H31FN2O3/c1-35-25-6-4-5-23(17-25)20-7-9-21(10-8-20)28-26-18-31(15-2-3-16-32(26)27(28)19-33)29(34)22-11-13-24(30)14-12-22/h4-14,17,26-28,33H,2-3,15-16,18-19H2,1H3/t26-,27-,28-/m1/s1. The first-order valence-corrected chi connectivity index (χ1v) is 12.2. The third-order valence-electron chi connectivity index (χ3n) is 7.45. The number of methoxy groups -OCH3 is 1. The van der Waals surface area contributed by atoms with Crippen LogP contribution in [0, 0.1) is 5.82 Å². The number of aliphatic hydroxyl groups excluding tert-OH is 1. The highest BCUT2D eigenvalue weighted by Gasteiger charge is 2.49. The van der Waals surface area contributed by atoms with Crippen LogP contribution in [0.1, 0.15) is 34.7 Å².